The molecule has 0 aromatic heterocycles. The Balaban J connectivity index is 0.000000256. The quantitative estimate of drug-likeness (QED) is 0.0724. The van der Waals surface area contributed by atoms with Crippen LogP contribution in [0.3, 0.4) is 0 Å². The topological polar surface area (TPSA) is 64.7 Å². The van der Waals surface area contributed by atoms with Gasteiger partial charge in [0.2, 0.25) is 5.78 Å². The van der Waals surface area contributed by atoms with Crippen molar-refractivity contribution in [1.82, 2.24) is 0 Å². The number of rotatable bonds is 11. The van der Waals surface area contributed by atoms with Crippen LogP contribution >= 0.6 is 35.2 Å². The van der Waals surface area contributed by atoms with Crippen molar-refractivity contribution < 1.29 is 19.9 Å². The van der Waals surface area contributed by atoms with Crippen LogP contribution in [0.1, 0.15) is 39.1 Å². The van der Waals surface area contributed by atoms with Gasteiger partial charge in [0.15, 0.2) is 0 Å². The summed E-state index contributed by atoms with van der Waals surface area (Å²) in [5.74, 6) is 0.0925. The summed E-state index contributed by atoms with van der Waals surface area (Å²) >= 11 is -0.346. The molecule has 3 nitrogen and oxygen atoms in total. The van der Waals surface area contributed by atoms with E-state index in [-0.39, 0.29) is 20.9 Å². The van der Waals surface area contributed by atoms with E-state index >= 15 is 0 Å². The van der Waals surface area contributed by atoms with Crippen molar-refractivity contribution in [1.29, 1.82) is 0 Å². The predicted octanol–water partition coefficient (Wildman–Crippen LogP) is 11.8. The number of benzene rings is 8. The fourth-order valence-corrected chi connectivity index (χ4v) is 12.5. The number of carbonyl (C=O) groups is 1. The Kier molecular flexibility index (Phi) is 17.3. The van der Waals surface area contributed by atoms with Crippen LogP contribution in [0.15, 0.2) is 231 Å². The Labute approximate surface area is 366 Å². The maximum Gasteiger partial charge on any atom is -0.0606 e. The Hall–Kier alpha value is -4.59. The molecule has 8 heteroatoms. The van der Waals surface area contributed by atoms with Gasteiger partial charge in [0, 0.05) is 0 Å². The molecule has 0 radical (unpaired) electrons. The molecule has 0 fully saturated rings. The van der Waals surface area contributed by atoms with E-state index in [2.05, 4.69) is 146 Å². The van der Waals surface area contributed by atoms with Gasteiger partial charge in [-0.2, -0.15) is 0 Å². The molecule has 2 N–H and O–H groups in total. The Morgan fingerprint density at radius 1 is 0.373 bits per heavy atom. The van der Waals surface area contributed by atoms with Gasteiger partial charge in [-0.15, -0.1) is 12.1 Å². The first kappa shape index (κ1) is 44.0. The van der Waals surface area contributed by atoms with E-state index in [1.54, 1.807) is 0 Å². The van der Waals surface area contributed by atoms with Crippen molar-refractivity contribution in [2.75, 3.05) is 0 Å². The molecule has 0 aliphatic carbocycles. The minimum Gasteiger partial charge on any atom is -0.672 e. The average molecular weight is 935 g/mol. The fraction of sp³-hybridized carbons (Fsp3) is 0.0392. The van der Waals surface area contributed by atoms with E-state index in [9.17, 15) is 4.79 Å². The third kappa shape index (κ3) is 11.8. The van der Waals surface area contributed by atoms with Gasteiger partial charge >= 0.3 is 34.5 Å². The Morgan fingerprint density at radius 3 is 0.864 bits per heavy atom. The van der Waals surface area contributed by atoms with E-state index < -0.39 is 27.9 Å². The Morgan fingerprint density at radius 2 is 0.593 bits per heavy atom. The van der Waals surface area contributed by atoms with Gasteiger partial charge in [-0.1, -0.05) is 169 Å². The van der Waals surface area contributed by atoms with Crippen LogP contribution in [0.4, 0.5) is 0 Å². The summed E-state index contributed by atoms with van der Waals surface area (Å²) < 4.78 is 0. The summed E-state index contributed by atoms with van der Waals surface area (Å²) in [4.78, 5) is 14.7. The number of halogens is 2. The molecule has 0 saturated carbocycles. The van der Waals surface area contributed by atoms with Gasteiger partial charge in [0.1, 0.15) is 31.8 Å². The van der Waals surface area contributed by atoms with Gasteiger partial charge in [-0.3, -0.25) is 4.79 Å². The van der Waals surface area contributed by atoms with E-state index in [0.29, 0.717) is 0 Å². The summed E-state index contributed by atoms with van der Waals surface area (Å²) in [6, 6.07) is 77.1. The first-order chi connectivity index (χ1) is 29.0. The standard InChI is InChI=1S/C37H28OP2.C14H14N2.2ClH.Ru/c38-37(33-25-13-15-27-35(33)39(29-17-5-1-6-18-29)30-19-7-2-8-20-30)34-26-14-16-28-36(34)40(31-21-9-3-10-22-31)32-23-11-4-12-24-32;15-13(11-7-3-1-4-8-11)14(16)12-9-5-2-6-10-12;;;/h1-28H;1-10,13-16H;2*1H;/q;-2;;;+4/t;13-,14-;;;/m.0.../s1. The second-order valence-corrected chi connectivity index (χ2v) is 21.0. The van der Waals surface area contributed by atoms with Crippen LogP contribution in [0.25, 0.3) is 11.5 Å². The zero-order chi connectivity index (χ0) is 41.2. The van der Waals surface area contributed by atoms with Crippen LogP contribution < -0.4 is 31.8 Å². The summed E-state index contributed by atoms with van der Waals surface area (Å²) in [5, 5.41) is 7.32. The van der Waals surface area contributed by atoms with E-state index in [1.165, 1.54) is 21.2 Å². The molecule has 8 rings (SSSR count). The van der Waals surface area contributed by atoms with Crippen molar-refractivity contribution in [2.24, 2.45) is 0 Å². The molecule has 0 spiro atoms. The molecular weight excluding hydrogens is 890 g/mol. The van der Waals surface area contributed by atoms with Crippen LogP contribution in [0.2, 0.25) is 0 Å². The number of ketones is 1. The minimum absolute atomic E-state index is 0.0925. The molecule has 0 saturated heterocycles. The molecule has 0 aliphatic rings. The molecule has 2 atom stereocenters. The van der Waals surface area contributed by atoms with Crippen molar-refractivity contribution in [3.8, 4) is 0 Å². The van der Waals surface area contributed by atoms with Crippen molar-refractivity contribution in [2.45, 2.75) is 12.1 Å². The molecule has 8 aromatic rings. The number of nitrogens with one attached hydrogen (secondary N) is 2. The van der Waals surface area contributed by atoms with Gasteiger partial charge in [-0.05, 0) is 72.8 Å². The van der Waals surface area contributed by atoms with E-state index in [0.717, 1.165) is 32.9 Å². The van der Waals surface area contributed by atoms with Crippen LogP contribution in [-0.2, 0) is 15.1 Å². The second-order valence-electron chi connectivity index (χ2n) is 13.5. The van der Waals surface area contributed by atoms with E-state index in [1.807, 2.05) is 84.9 Å². The zero-order valence-corrected chi connectivity index (χ0v) is 37.4. The third-order valence-electron chi connectivity index (χ3n) is 9.78. The van der Waals surface area contributed by atoms with Gasteiger partial charge < -0.3 is 11.5 Å². The molecule has 0 amide bonds. The molecule has 59 heavy (non-hydrogen) atoms. The van der Waals surface area contributed by atoms with Gasteiger partial charge in [-0.25, -0.2) is 0 Å². The maximum atomic E-state index is 14.7. The first-order valence-corrected chi connectivity index (χ1v) is 26.6. The largest absolute Gasteiger partial charge is 0.672 e. The normalized spacial score (nSPS) is 11.7. The van der Waals surface area contributed by atoms with Crippen molar-refractivity contribution in [3.63, 3.8) is 0 Å². The minimum atomic E-state index is -1.41. The Bertz CT molecular complexity index is 2200. The van der Waals surface area contributed by atoms with Crippen LogP contribution in [0, 0.1) is 0 Å². The predicted molar refractivity (Wildman–Crippen MR) is 255 cm³/mol. The van der Waals surface area contributed by atoms with Crippen molar-refractivity contribution in [3.05, 3.63) is 264 Å². The number of carbonyl (C=O) groups excluding carboxylic acids is 1. The number of hydrogen-bond acceptors (Lipinski definition) is 1. The summed E-state index contributed by atoms with van der Waals surface area (Å²) in [7, 11) is 6.89. The molecule has 0 bridgehead atoms. The monoisotopic (exact) mass is 934 g/mol. The molecule has 0 heterocycles. The maximum absolute atomic E-state index is 14.7. The summed E-state index contributed by atoms with van der Waals surface area (Å²) in [6.45, 7) is 0. The molecule has 8 aromatic carbocycles. The molecule has 0 unspecified atom stereocenters. The zero-order valence-electron chi connectivity index (χ0n) is 32.1. The average Bonchev–Trinajstić information content (AvgIpc) is 3.31. The molecular formula is C51H44Cl2N2OP2Ru+2. The van der Waals surface area contributed by atoms with E-state index in [4.69, 9.17) is 30.8 Å². The second kappa shape index (κ2) is 23.3. The SMILES string of the molecule is O=C(c1ccccc1[PH+](c1ccccc1)c1ccccc1)c1ccccc1[PH+](c1ccccc1)c1ccccc1.[Cl][Ru+2][Cl].[NH-][C@@H](c1ccccc1)[C@@H]([NH-])c1ccccc1. The molecule has 294 valence electrons. The third-order valence-corrected chi connectivity index (χ3v) is 15.4. The van der Waals surface area contributed by atoms with Crippen LogP contribution in [0.5, 0.6) is 0 Å². The fourth-order valence-electron chi connectivity index (χ4n) is 7.02. The smallest absolute Gasteiger partial charge is 0.0606 e. The number of hydrogen-bond donors (Lipinski definition) is 0. The van der Waals surface area contributed by atoms with Crippen molar-refractivity contribution >= 4 is 72.8 Å². The molecule has 0 aliphatic heterocycles. The summed E-state index contributed by atoms with van der Waals surface area (Å²) in [5.41, 5.74) is 19.5. The van der Waals surface area contributed by atoms with Gasteiger partial charge in [0.05, 0.1) is 27.0 Å². The van der Waals surface area contributed by atoms with Crippen LogP contribution in [-0.4, -0.2) is 5.78 Å². The summed E-state index contributed by atoms with van der Waals surface area (Å²) in [6.07, 6.45) is 0. The van der Waals surface area contributed by atoms with Gasteiger partial charge in [0.25, 0.3) is 0 Å². The first-order valence-electron chi connectivity index (χ1n) is 19.1.